The molecule has 0 bridgehead atoms. The van der Waals surface area contributed by atoms with Crippen molar-refractivity contribution in [2.45, 2.75) is 0 Å². The number of hydrogen-bond acceptors (Lipinski definition) is 7. The van der Waals surface area contributed by atoms with Crippen molar-refractivity contribution in [1.29, 1.82) is 0 Å². The Morgan fingerprint density at radius 2 is 2.04 bits per heavy atom. The molecular formula is C15H13N3O8. The van der Waals surface area contributed by atoms with Crippen LogP contribution in [-0.2, 0) is 4.79 Å². The number of rotatable bonds is 7. The monoisotopic (exact) mass is 363 g/mol. The second-order valence-electron chi connectivity index (χ2n) is 4.82. The standard InChI is InChI=1S/C15H13N3O8/c1-25-10-4-2-3-8(13(10)26-7-11(19)20)5-6-9-12(18(23)24)14(21)17-15(22)16-9/h2-6H,7H2,1H3,(H,19,20)(H2,16,17,21,22)/b6-5+. The molecule has 11 heteroatoms. The maximum absolute atomic E-state index is 11.6. The fraction of sp³-hybridized carbons (Fsp3) is 0.133. The third-order valence-corrected chi connectivity index (χ3v) is 3.13. The number of methoxy groups -OCH3 is 1. The van der Waals surface area contributed by atoms with Crippen molar-refractivity contribution in [2.75, 3.05) is 13.7 Å². The molecule has 1 heterocycles. The van der Waals surface area contributed by atoms with Crippen LogP contribution in [-0.4, -0.2) is 39.7 Å². The molecule has 0 atom stereocenters. The number of para-hydroxylation sites is 1. The highest BCUT2D eigenvalue weighted by molar-refractivity contribution is 5.76. The van der Waals surface area contributed by atoms with E-state index >= 15 is 0 Å². The largest absolute Gasteiger partial charge is 0.493 e. The number of nitrogens with zero attached hydrogens (tertiary/aromatic N) is 1. The van der Waals surface area contributed by atoms with Crippen LogP contribution in [0.1, 0.15) is 11.3 Å². The van der Waals surface area contributed by atoms with Crippen molar-refractivity contribution < 1.29 is 24.3 Å². The number of nitrogens with one attached hydrogen (secondary N) is 2. The third-order valence-electron chi connectivity index (χ3n) is 3.13. The molecule has 26 heavy (non-hydrogen) atoms. The maximum Gasteiger partial charge on any atom is 0.357 e. The molecule has 1 aromatic heterocycles. The fourth-order valence-corrected chi connectivity index (χ4v) is 2.09. The zero-order chi connectivity index (χ0) is 19.3. The van der Waals surface area contributed by atoms with Gasteiger partial charge in [-0.25, -0.2) is 9.59 Å². The average molecular weight is 363 g/mol. The van der Waals surface area contributed by atoms with Crippen molar-refractivity contribution in [3.63, 3.8) is 0 Å². The highest BCUT2D eigenvalue weighted by Gasteiger charge is 2.19. The smallest absolute Gasteiger partial charge is 0.357 e. The number of carboxylic acids is 1. The summed E-state index contributed by atoms with van der Waals surface area (Å²) in [5.74, 6) is -0.883. The Kier molecular flexibility index (Phi) is 5.53. The Morgan fingerprint density at radius 3 is 2.65 bits per heavy atom. The number of carboxylic acid groups (broad SMARTS) is 1. The van der Waals surface area contributed by atoms with Gasteiger partial charge >= 0.3 is 22.9 Å². The minimum atomic E-state index is -1.21. The van der Waals surface area contributed by atoms with Gasteiger partial charge in [0.2, 0.25) is 0 Å². The summed E-state index contributed by atoms with van der Waals surface area (Å²) in [5.41, 5.74) is -2.90. The van der Waals surface area contributed by atoms with Crippen molar-refractivity contribution in [3.8, 4) is 11.5 Å². The van der Waals surface area contributed by atoms with Crippen molar-refractivity contribution in [3.05, 3.63) is 60.4 Å². The number of carbonyl (C=O) groups is 1. The fourth-order valence-electron chi connectivity index (χ4n) is 2.09. The van der Waals surface area contributed by atoms with Crippen LogP contribution in [0.4, 0.5) is 5.69 Å². The van der Waals surface area contributed by atoms with Crippen LogP contribution in [0.3, 0.4) is 0 Å². The van der Waals surface area contributed by atoms with Crippen LogP contribution in [0.2, 0.25) is 0 Å². The Bertz CT molecular complexity index is 989. The van der Waals surface area contributed by atoms with Crippen LogP contribution in [0.25, 0.3) is 12.2 Å². The number of hydrogen-bond donors (Lipinski definition) is 3. The molecule has 0 spiro atoms. The summed E-state index contributed by atoms with van der Waals surface area (Å²) in [6.45, 7) is -0.636. The van der Waals surface area contributed by atoms with Crippen molar-refractivity contribution in [1.82, 2.24) is 9.97 Å². The molecule has 2 aromatic rings. The Hall–Kier alpha value is -3.89. The van der Waals surface area contributed by atoms with Crippen LogP contribution in [0.15, 0.2) is 27.8 Å². The second kappa shape index (κ2) is 7.79. The van der Waals surface area contributed by atoms with E-state index in [-0.39, 0.29) is 17.2 Å². The number of H-pyrrole nitrogens is 2. The zero-order valence-electron chi connectivity index (χ0n) is 13.3. The van der Waals surface area contributed by atoms with E-state index in [0.717, 1.165) is 6.08 Å². The van der Waals surface area contributed by atoms with Gasteiger partial charge in [0.15, 0.2) is 18.1 Å². The molecule has 0 aliphatic carbocycles. The summed E-state index contributed by atoms with van der Waals surface area (Å²) in [6.07, 6.45) is 2.45. The summed E-state index contributed by atoms with van der Waals surface area (Å²) in [7, 11) is 1.36. The van der Waals surface area contributed by atoms with E-state index in [1.165, 1.54) is 25.3 Å². The molecule has 0 aliphatic rings. The lowest BCUT2D eigenvalue weighted by molar-refractivity contribution is -0.386. The molecule has 0 amide bonds. The minimum absolute atomic E-state index is 0.0866. The van der Waals surface area contributed by atoms with Crippen molar-refractivity contribution in [2.24, 2.45) is 0 Å². The molecule has 3 N–H and O–H groups in total. The average Bonchev–Trinajstić information content (AvgIpc) is 2.56. The SMILES string of the molecule is COc1cccc(/C=C/c2[nH]c(=O)[nH]c(=O)c2[N+](=O)[O-])c1OCC(=O)O. The molecule has 136 valence electrons. The Balaban J connectivity index is 2.52. The Labute approximate surface area is 144 Å². The van der Waals surface area contributed by atoms with E-state index in [0.29, 0.717) is 5.56 Å². The number of aromatic amines is 2. The number of aliphatic carboxylic acids is 1. The summed E-state index contributed by atoms with van der Waals surface area (Å²) in [4.78, 5) is 47.7. The van der Waals surface area contributed by atoms with Gasteiger partial charge in [0, 0.05) is 5.56 Å². The van der Waals surface area contributed by atoms with Gasteiger partial charge in [-0.15, -0.1) is 0 Å². The normalized spacial score (nSPS) is 10.7. The van der Waals surface area contributed by atoms with Gasteiger partial charge in [0.1, 0.15) is 5.69 Å². The molecule has 0 saturated carbocycles. The van der Waals surface area contributed by atoms with E-state index in [1.807, 2.05) is 0 Å². The van der Waals surface area contributed by atoms with Crippen LogP contribution in [0.5, 0.6) is 11.5 Å². The number of nitro groups is 1. The number of aromatic nitrogens is 2. The minimum Gasteiger partial charge on any atom is -0.493 e. The van der Waals surface area contributed by atoms with Crippen molar-refractivity contribution >= 4 is 23.8 Å². The summed E-state index contributed by atoms with van der Waals surface area (Å²) >= 11 is 0. The van der Waals surface area contributed by atoms with E-state index in [2.05, 4.69) is 4.98 Å². The summed E-state index contributed by atoms with van der Waals surface area (Å²) in [5, 5.41) is 19.8. The van der Waals surface area contributed by atoms with Crippen LogP contribution < -0.4 is 20.7 Å². The summed E-state index contributed by atoms with van der Waals surface area (Å²) < 4.78 is 10.3. The topological polar surface area (TPSA) is 165 Å². The highest BCUT2D eigenvalue weighted by atomic mass is 16.6. The molecule has 0 saturated heterocycles. The predicted octanol–water partition coefficient (Wildman–Crippen LogP) is 0.614. The first-order chi connectivity index (χ1) is 12.3. The quantitative estimate of drug-likeness (QED) is 0.475. The first kappa shape index (κ1) is 18.4. The van der Waals surface area contributed by atoms with E-state index in [1.54, 1.807) is 11.1 Å². The van der Waals surface area contributed by atoms with Crippen LogP contribution in [0, 0.1) is 10.1 Å². The number of ether oxygens (including phenoxy) is 2. The molecule has 11 nitrogen and oxygen atoms in total. The van der Waals surface area contributed by atoms with Gasteiger partial charge in [-0.2, -0.15) is 0 Å². The van der Waals surface area contributed by atoms with Gasteiger partial charge < -0.3 is 19.6 Å². The molecule has 2 rings (SSSR count). The number of benzene rings is 1. The van der Waals surface area contributed by atoms with Crippen LogP contribution >= 0.6 is 0 Å². The van der Waals surface area contributed by atoms with Gasteiger partial charge in [0.25, 0.3) is 0 Å². The Morgan fingerprint density at radius 1 is 1.31 bits per heavy atom. The van der Waals surface area contributed by atoms with E-state index < -0.39 is 34.4 Å². The lowest BCUT2D eigenvalue weighted by atomic mass is 10.1. The lowest BCUT2D eigenvalue weighted by Gasteiger charge is -2.11. The van der Waals surface area contributed by atoms with E-state index in [4.69, 9.17) is 14.6 Å². The van der Waals surface area contributed by atoms with Gasteiger partial charge in [0.05, 0.1) is 12.0 Å². The maximum atomic E-state index is 11.6. The molecule has 0 radical (unpaired) electrons. The third kappa shape index (κ3) is 4.14. The molecular weight excluding hydrogens is 350 g/mol. The predicted molar refractivity (Wildman–Crippen MR) is 89.4 cm³/mol. The molecule has 0 aliphatic heterocycles. The first-order valence-corrected chi connectivity index (χ1v) is 7.04. The highest BCUT2D eigenvalue weighted by Crippen LogP contribution is 2.32. The summed E-state index contributed by atoms with van der Waals surface area (Å²) in [6, 6.07) is 4.65. The van der Waals surface area contributed by atoms with Gasteiger partial charge in [-0.1, -0.05) is 12.1 Å². The zero-order valence-corrected chi connectivity index (χ0v) is 13.3. The molecule has 0 unspecified atom stereocenters. The van der Waals surface area contributed by atoms with Gasteiger partial charge in [-0.3, -0.25) is 19.9 Å². The molecule has 0 fully saturated rings. The lowest BCUT2D eigenvalue weighted by Crippen LogP contribution is -2.25. The second-order valence-corrected chi connectivity index (χ2v) is 4.82. The van der Waals surface area contributed by atoms with E-state index in [9.17, 15) is 24.5 Å². The first-order valence-electron chi connectivity index (χ1n) is 7.04. The molecule has 1 aromatic carbocycles. The van der Waals surface area contributed by atoms with Gasteiger partial charge in [-0.05, 0) is 18.2 Å².